The lowest BCUT2D eigenvalue weighted by atomic mass is 10.0. The van der Waals surface area contributed by atoms with Crippen molar-refractivity contribution in [3.05, 3.63) is 22.7 Å². The third-order valence-corrected chi connectivity index (χ3v) is 4.89. The molecule has 2 unspecified atom stereocenters. The van der Waals surface area contributed by atoms with Gasteiger partial charge in [-0.05, 0) is 49.3 Å². The number of fused-ring (bicyclic) bond motifs is 1. The molecule has 0 heterocycles. The molecule has 3 N–H and O–H groups in total. The summed E-state index contributed by atoms with van der Waals surface area (Å²) in [6.45, 7) is 1.93. The van der Waals surface area contributed by atoms with Crippen LogP contribution in [0.2, 0.25) is 5.02 Å². The van der Waals surface area contributed by atoms with Gasteiger partial charge in [-0.25, -0.2) is 0 Å². The van der Waals surface area contributed by atoms with Gasteiger partial charge >= 0.3 is 0 Å². The average molecular weight is 279 g/mol. The molecule has 2 atom stereocenters. The standard InChI is InChI=1S/C15H19ClN2O/c1-8-6-12(17)11(16)7-13(8)18-15(19)14-9-4-2-3-5-10(9)14/h6-7,9-10,14H,2-5,17H2,1H3,(H,18,19). The molecule has 0 aromatic heterocycles. The van der Waals surface area contributed by atoms with E-state index in [9.17, 15) is 4.79 Å². The summed E-state index contributed by atoms with van der Waals surface area (Å²) in [7, 11) is 0. The first kappa shape index (κ1) is 12.8. The van der Waals surface area contributed by atoms with Crippen molar-refractivity contribution in [2.45, 2.75) is 32.6 Å². The van der Waals surface area contributed by atoms with Crippen LogP contribution in [0.4, 0.5) is 11.4 Å². The van der Waals surface area contributed by atoms with Crippen molar-refractivity contribution < 1.29 is 4.79 Å². The second kappa shape index (κ2) is 4.71. The van der Waals surface area contributed by atoms with Gasteiger partial charge in [-0.3, -0.25) is 4.79 Å². The Kier molecular flexibility index (Phi) is 3.17. The van der Waals surface area contributed by atoms with E-state index >= 15 is 0 Å². The Labute approximate surface area is 118 Å². The lowest BCUT2D eigenvalue weighted by molar-refractivity contribution is -0.117. The van der Waals surface area contributed by atoms with E-state index in [1.54, 1.807) is 12.1 Å². The number of hydrogen-bond donors (Lipinski definition) is 2. The summed E-state index contributed by atoms with van der Waals surface area (Å²) < 4.78 is 0. The number of benzene rings is 1. The highest BCUT2D eigenvalue weighted by Crippen LogP contribution is 2.55. The van der Waals surface area contributed by atoms with Crippen LogP contribution < -0.4 is 11.1 Å². The molecule has 1 amide bonds. The zero-order valence-corrected chi connectivity index (χ0v) is 11.8. The molecule has 0 bridgehead atoms. The van der Waals surface area contributed by atoms with Gasteiger partial charge in [-0.1, -0.05) is 24.4 Å². The summed E-state index contributed by atoms with van der Waals surface area (Å²) in [6.07, 6.45) is 4.98. The lowest BCUT2D eigenvalue weighted by Gasteiger charge is -2.10. The molecule has 102 valence electrons. The highest BCUT2D eigenvalue weighted by molar-refractivity contribution is 6.33. The van der Waals surface area contributed by atoms with E-state index in [-0.39, 0.29) is 11.8 Å². The maximum Gasteiger partial charge on any atom is 0.228 e. The predicted molar refractivity (Wildman–Crippen MR) is 78.2 cm³/mol. The molecule has 1 aromatic carbocycles. The molecule has 2 aliphatic rings. The number of aryl methyl sites for hydroxylation is 1. The van der Waals surface area contributed by atoms with Gasteiger partial charge in [-0.15, -0.1) is 0 Å². The van der Waals surface area contributed by atoms with E-state index in [0.717, 1.165) is 11.3 Å². The number of rotatable bonds is 2. The van der Waals surface area contributed by atoms with Crippen LogP contribution in [0.3, 0.4) is 0 Å². The Balaban J connectivity index is 1.72. The average Bonchev–Trinajstić information content (AvgIpc) is 3.10. The normalized spacial score (nSPS) is 28.6. The van der Waals surface area contributed by atoms with E-state index in [0.29, 0.717) is 22.5 Å². The number of carbonyl (C=O) groups is 1. The molecule has 19 heavy (non-hydrogen) atoms. The second-order valence-corrected chi connectivity index (χ2v) is 6.22. The van der Waals surface area contributed by atoms with Gasteiger partial charge in [-0.2, -0.15) is 0 Å². The van der Waals surface area contributed by atoms with Crippen LogP contribution >= 0.6 is 11.6 Å². The molecule has 0 aliphatic heterocycles. The minimum Gasteiger partial charge on any atom is -0.398 e. The fourth-order valence-corrected chi connectivity index (χ4v) is 3.60. The van der Waals surface area contributed by atoms with Crippen LogP contribution in [-0.2, 0) is 4.79 Å². The number of nitrogens with one attached hydrogen (secondary N) is 1. The van der Waals surface area contributed by atoms with Crippen molar-refractivity contribution in [2.24, 2.45) is 17.8 Å². The number of nitrogen functional groups attached to an aromatic ring is 1. The Hall–Kier alpha value is -1.22. The Morgan fingerprint density at radius 2 is 1.95 bits per heavy atom. The highest BCUT2D eigenvalue weighted by Gasteiger charge is 2.54. The Bertz CT molecular complexity index is 517. The minimum atomic E-state index is 0.154. The van der Waals surface area contributed by atoms with Gasteiger partial charge in [0.2, 0.25) is 5.91 Å². The van der Waals surface area contributed by atoms with Gasteiger partial charge in [0.15, 0.2) is 0 Å². The van der Waals surface area contributed by atoms with Crippen molar-refractivity contribution in [2.75, 3.05) is 11.1 Å². The smallest absolute Gasteiger partial charge is 0.228 e. The maximum atomic E-state index is 12.3. The van der Waals surface area contributed by atoms with Gasteiger partial charge in [0.05, 0.1) is 10.7 Å². The van der Waals surface area contributed by atoms with Crippen LogP contribution in [0.5, 0.6) is 0 Å². The topological polar surface area (TPSA) is 55.1 Å². The highest BCUT2D eigenvalue weighted by atomic mass is 35.5. The van der Waals surface area contributed by atoms with Crippen molar-refractivity contribution in [1.82, 2.24) is 0 Å². The molecule has 0 spiro atoms. The SMILES string of the molecule is Cc1cc(N)c(Cl)cc1NC(=O)C1C2CCCCC21. The Morgan fingerprint density at radius 3 is 2.58 bits per heavy atom. The Morgan fingerprint density at radius 1 is 1.32 bits per heavy atom. The molecule has 3 nitrogen and oxygen atoms in total. The molecule has 3 rings (SSSR count). The molecule has 0 radical (unpaired) electrons. The second-order valence-electron chi connectivity index (χ2n) is 5.82. The van der Waals surface area contributed by atoms with Crippen LogP contribution in [0.15, 0.2) is 12.1 Å². The number of amides is 1. The fraction of sp³-hybridized carbons (Fsp3) is 0.533. The minimum absolute atomic E-state index is 0.154. The van der Waals surface area contributed by atoms with E-state index in [1.165, 1.54) is 25.7 Å². The third-order valence-electron chi connectivity index (χ3n) is 4.56. The summed E-state index contributed by atoms with van der Waals surface area (Å²) >= 11 is 6.01. The van der Waals surface area contributed by atoms with Crippen molar-refractivity contribution in [3.63, 3.8) is 0 Å². The van der Waals surface area contributed by atoms with Gasteiger partial charge in [0.25, 0.3) is 0 Å². The number of anilines is 2. The molecule has 1 aromatic rings. The summed E-state index contributed by atoms with van der Waals surface area (Å²) in [4.78, 5) is 12.3. The van der Waals surface area contributed by atoms with E-state index in [4.69, 9.17) is 17.3 Å². The summed E-state index contributed by atoms with van der Waals surface area (Å²) in [5, 5.41) is 3.51. The van der Waals surface area contributed by atoms with E-state index in [2.05, 4.69) is 5.32 Å². The van der Waals surface area contributed by atoms with Crippen LogP contribution in [0.1, 0.15) is 31.2 Å². The zero-order chi connectivity index (χ0) is 13.6. The number of hydrogen-bond acceptors (Lipinski definition) is 2. The number of nitrogens with two attached hydrogens (primary N) is 1. The first-order chi connectivity index (χ1) is 9.08. The van der Waals surface area contributed by atoms with E-state index in [1.807, 2.05) is 6.92 Å². The predicted octanol–water partition coefficient (Wildman–Crippen LogP) is 3.61. The van der Waals surface area contributed by atoms with Gasteiger partial charge < -0.3 is 11.1 Å². The number of carbonyl (C=O) groups excluding carboxylic acids is 1. The summed E-state index contributed by atoms with van der Waals surface area (Å²) in [6, 6.07) is 3.55. The molecule has 2 aliphatic carbocycles. The largest absolute Gasteiger partial charge is 0.398 e. The van der Waals surface area contributed by atoms with Crippen LogP contribution in [0.25, 0.3) is 0 Å². The molecule has 4 heteroatoms. The summed E-state index contributed by atoms with van der Waals surface area (Å²) in [5.74, 6) is 1.62. The first-order valence-corrected chi connectivity index (χ1v) is 7.32. The van der Waals surface area contributed by atoms with Gasteiger partial charge in [0.1, 0.15) is 0 Å². The fourth-order valence-electron chi connectivity index (χ4n) is 3.44. The molecule has 0 saturated heterocycles. The molecule has 2 saturated carbocycles. The summed E-state index contributed by atoms with van der Waals surface area (Å²) in [5.41, 5.74) is 8.04. The maximum absolute atomic E-state index is 12.3. The van der Waals surface area contributed by atoms with Crippen LogP contribution in [0, 0.1) is 24.7 Å². The molecule has 2 fully saturated rings. The first-order valence-electron chi connectivity index (χ1n) is 6.94. The number of halogens is 1. The zero-order valence-electron chi connectivity index (χ0n) is 11.1. The molecular formula is C15H19ClN2O. The monoisotopic (exact) mass is 278 g/mol. The third kappa shape index (κ3) is 2.32. The van der Waals surface area contributed by atoms with Gasteiger partial charge in [0, 0.05) is 11.6 Å². The van der Waals surface area contributed by atoms with Crippen molar-refractivity contribution in [1.29, 1.82) is 0 Å². The van der Waals surface area contributed by atoms with Crippen molar-refractivity contribution >= 4 is 28.9 Å². The van der Waals surface area contributed by atoms with E-state index < -0.39 is 0 Å². The quantitative estimate of drug-likeness (QED) is 0.812. The molecular weight excluding hydrogens is 260 g/mol. The van der Waals surface area contributed by atoms with Crippen LogP contribution in [-0.4, -0.2) is 5.91 Å². The lowest BCUT2D eigenvalue weighted by Crippen LogP contribution is -2.16. The van der Waals surface area contributed by atoms with Crippen molar-refractivity contribution in [3.8, 4) is 0 Å².